The molecule has 2 aliphatic heterocycles. The standard InChI is InChI=1S/C15H21N3S2/c1-9(2)7-8-19-15-13-12(14(16)18-15)17-10-5-3-4-6-11(10)20-13/h9H,3-8H2,1-2H3,(H2,16,18). The molecule has 0 aromatic heterocycles. The van der Waals surface area contributed by atoms with Crippen LogP contribution in [0.1, 0.15) is 43.7 Å². The smallest absolute Gasteiger partial charge is 0.152 e. The second-order valence-electron chi connectivity index (χ2n) is 5.80. The van der Waals surface area contributed by atoms with Gasteiger partial charge in [0.1, 0.15) is 10.7 Å². The molecule has 2 heterocycles. The average Bonchev–Trinajstić information content (AvgIpc) is 2.73. The number of nitrogen functional groups attached to an aromatic ring is 1. The van der Waals surface area contributed by atoms with Crippen LogP contribution in [-0.4, -0.2) is 15.7 Å². The number of anilines is 1. The maximum Gasteiger partial charge on any atom is 0.152 e. The van der Waals surface area contributed by atoms with Crippen LogP contribution in [0.3, 0.4) is 0 Å². The van der Waals surface area contributed by atoms with E-state index >= 15 is 0 Å². The monoisotopic (exact) mass is 307 g/mol. The van der Waals surface area contributed by atoms with Crippen LogP contribution >= 0.6 is 23.1 Å². The van der Waals surface area contributed by atoms with Gasteiger partial charge in [0.15, 0.2) is 5.82 Å². The lowest BCUT2D eigenvalue weighted by molar-refractivity contribution is 0.632. The molecular weight excluding hydrogens is 286 g/mol. The van der Waals surface area contributed by atoms with Gasteiger partial charge >= 0.3 is 0 Å². The van der Waals surface area contributed by atoms with Gasteiger partial charge in [-0.2, -0.15) is 0 Å². The van der Waals surface area contributed by atoms with Gasteiger partial charge in [0.2, 0.25) is 0 Å². The summed E-state index contributed by atoms with van der Waals surface area (Å²) >= 11 is 3.70. The molecule has 3 aliphatic rings. The SMILES string of the molecule is CC(C)CCSc1nc(N)c2nc3c(sc1-2)CCCC3. The summed E-state index contributed by atoms with van der Waals surface area (Å²) in [7, 11) is 0. The van der Waals surface area contributed by atoms with E-state index in [1.807, 2.05) is 23.1 Å². The Morgan fingerprint density at radius 1 is 1.25 bits per heavy atom. The van der Waals surface area contributed by atoms with Crippen LogP contribution in [0.15, 0.2) is 5.03 Å². The highest BCUT2D eigenvalue weighted by molar-refractivity contribution is 7.99. The van der Waals surface area contributed by atoms with Crippen molar-refractivity contribution in [3.05, 3.63) is 10.6 Å². The van der Waals surface area contributed by atoms with Gasteiger partial charge in [-0.05, 0) is 43.8 Å². The normalized spacial score (nSPS) is 14.9. The maximum atomic E-state index is 6.06. The minimum Gasteiger partial charge on any atom is -0.382 e. The van der Waals surface area contributed by atoms with Crippen LogP contribution in [-0.2, 0) is 12.8 Å². The van der Waals surface area contributed by atoms with E-state index in [9.17, 15) is 0 Å². The fourth-order valence-corrected chi connectivity index (χ4v) is 5.08. The van der Waals surface area contributed by atoms with Gasteiger partial charge in [0.25, 0.3) is 0 Å². The molecular formula is C15H21N3S2. The van der Waals surface area contributed by atoms with Gasteiger partial charge in [-0.25, -0.2) is 9.97 Å². The molecule has 0 fully saturated rings. The molecule has 0 amide bonds. The number of aromatic nitrogens is 2. The van der Waals surface area contributed by atoms with Crippen molar-refractivity contribution in [1.29, 1.82) is 0 Å². The van der Waals surface area contributed by atoms with E-state index in [2.05, 4.69) is 18.8 Å². The molecule has 0 aromatic rings. The lowest BCUT2D eigenvalue weighted by atomic mass is 10.0. The number of fused-ring (bicyclic) bond motifs is 2. The number of hydrogen-bond donors (Lipinski definition) is 1. The van der Waals surface area contributed by atoms with Crippen LogP contribution in [0, 0.1) is 5.92 Å². The fraction of sp³-hybridized carbons (Fsp3) is 0.600. The molecule has 0 atom stereocenters. The van der Waals surface area contributed by atoms with Crippen molar-refractivity contribution in [2.75, 3.05) is 11.5 Å². The number of hydrogen-bond acceptors (Lipinski definition) is 5. The molecule has 0 aromatic carbocycles. The van der Waals surface area contributed by atoms with E-state index in [1.54, 1.807) is 0 Å². The van der Waals surface area contributed by atoms with E-state index < -0.39 is 0 Å². The largest absolute Gasteiger partial charge is 0.382 e. The second-order valence-corrected chi connectivity index (χ2v) is 7.99. The van der Waals surface area contributed by atoms with Crippen LogP contribution < -0.4 is 5.73 Å². The topological polar surface area (TPSA) is 51.8 Å². The molecule has 3 rings (SSSR count). The molecule has 0 spiro atoms. The molecule has 2 N–H and O–H groups in total. The lowest BCUT2D eigenvalue weighted by Gasteiger charge is -2.15. The summed E-state index contributed by atoms with van der Waals surface area (Å²) in [5, 5.41) is 1.09. The summed E-state index contributed by atoms with van der Waals surface area (Å²) in [6.07, 6.45) is 6.02. The van der Waals surface area contributed by atoms with Crippen molar-refractivity contribution in [3.63, 3.8) is 0 Å². The summed E-state index contributed by atoms with van der Waals surface area (Å²) in [5.41, 5.74) is 8.25. The summed E-state index contributed by atoms with van der Waals surface area (Å²) in [6.45, 7) is 4.51. The Balaban J connectivity index is 1.90. The Morgan fingerprint density at radius 3 is 2.85 bits per heavy atom. The highest BCUT2D eigenvalue weighted by atomic mass is 32.2. The zero-order valence-corrected chi connectivity index (χ0v) is 13.7. The van der Waals surface area contributed by atoms with Crippen LogP contribution in [0.25, 0.3) is 10.6 Å². The molecule has 0 saturated carbocycles. The Kier molecular flexibility index (Phi) is 4.17. The first-order valence-corrected chi connectivity index (χ1v) is 9.16. The number of thioether (sulfide) groups is 1. The number of nitrogens with two attached hydrogens (primary N) is 1. The van der Waals surface area contributed by atoms with Crippen molar-refractivity contribution in [1.82, 2.24) is 9.97 Å². The second kappa shape index (κ2) is 5.90. The minimum atomic E-state index is 0.608. The summed E-state index contributed by atoms with van der Waals surface area (Å²) < 4.78 is 0. The molecule has 1 aliphatic carbocycles. The molecule has 0 saturated heterocycles. The lowest BCUT2D eigenvalue weighted by Crippen LogP contribution is -2.05. The summed E-state index contributed by atoms with van der Waals surface area (Å²) in [6, 6.07) is 0. The van der Waals surface area contributed by atoms with Gasteiger partial charge in [-0.15, -0.1) is 23.1 Å². The van der Waals surface area contributed by atoms with E-state index in [-0.39, 0.29) is 0 Å². The zero-order valence-electron chi connectivity index (χ0n) is 12.1. The van der Waals surface area contributed by atoms with Gasteiger partial charge in [0, 0.05) is 4.88 Å². The third-order valence-corrected chi connectivity index (χ3v) is 6.08. The first kappa shape index (κ1) is 14.1. The Bertz CT molecular complexity index is 577. The fourth-order valence-electron chi connectivity index (χ4n) is 2.47. The summed E-state index contributed by atoms with van der Waals surface area (Å²) in [4.78, 5) is 12.0. The van der Waals surface area contributed by atoms with Crippen LogP contribution in [0.5, 0.6) is 0 Å². The van der Waals surface area contributed by atoms with Gasteiger partial charge in [-0.1, -0.05) is 13.8 Å². The Hall–Kier alpha value is -0.810. The van der Waals surface area contributed by atoms with E-state index in [0.717, 1.165) is 28.8 Å². The average molecular weight is 307 g/mol. The van der Waals surface area contributed by atoms with Crippen molar-refractivity contribution in [3.8, 4) is 10.6 Å². The van der Waals surface area contributed by atoms with Crippen molar-refractivity contribution < 1.29 is 0 Å². The Morgan fingerprint density at radius 2 is 2.05 bits per heavy atom. The Labute approximate surface area is 128 Å². The van der Waals surface area contributed by atoms with E-state index in [1.165, 1.54) is 41.1 Å². The number of nitrogens with zero attached hydrogens (tertiary/aromatic N) is 2. The van der Waals surface area contributed by atoms with E-state index in [4.69, 9.17) is 10.7 Å². The maximum absolute atomic E-state index is 6.06. The van der Waals surface area contributed by atoms with E-state index in [0.29, 0.717) is 5.82 Å². The first-order valence-electron chi connectivity index (χ1n) is 7.35. The molecule has 108 valence electrons. The third-order valence-electron chi connectivity index (χ3n) is 3.67. The highest BCUT2D eigenvalue weighted by Crippen LogP contribution is 2.42. The number of rotatable bonds is 4. The van der Waals surface area contributed by atoms with Crippen molar-refractivity contribution in [2.24, 2.45) is 5.92 Å². The highest BCUT2D eigenvalue weighted by Gasteiger charge is 2.23. The molecule has 5 heteroatoms. The molecule has 3 nitrogen and oxygen atoms in total. The molecule has 0 unspecified atom stereocenters. The predicted molar refractivity (Wildman–Crippen MR) is 87.8 cm³/mol. The quantitative estimate of drug-likeness (QED) is 0.858. The third kappa shape index (κ3) is 2.79. The molecule has 0 bridgehead atoms. The van der Waals surface area contributed by atoms with Crippen molar-refractivity contribution >= 4 is 28.9 Å². The number of aryl methyl sites for hydroxylation is 2. The predicted octanol–water partition coefficient (Wildman–Crippen LogP) is 4.24. The zero-order chi connectivity index (χ0) is 14.1. The summed E-state index contributed by atoms with van der Waals surface area (Å²) in [5.74, 6) is 2.44. The van der Waals surface area contributed by atoms with Gasteiger partial charge in [-0.3, -0.25) is 0 Å². The molecule has 20 heavy (non-hydrogen) atoms. The molecule has 0 radical (unpaired) electrons. The minimum absolute atomic E-state index is 0.608. The van der Waals surface area contributed by atoms with Gasteiger partial charge < -0.3 is 5.73 Å². The van der Waals surface area contributed by atoms with Crippen molar-refractivity contribution in [2.45, 2.75) is 51.0 Å². The van der Waals surface area contributed by atoms with Gasteiger partial charge in [0.05, 0.1) is 10.6 Å². The first-order chi connectivity index (χ1) is 9.65. The van der Waals surface area contributed by atoms with Crippen LogP contribution in [0.4, 0.5) is 5.82 Å². The van der Waals surface area contributed by atoms with Crippen LogP contribution in [0.2, 0.25) is 0 Å².